The number of phenolic OH excluding ortho intramolecular Hbond substituents is 1. The second kappa shape index (κ2) is 22.4. The number of nitrogens with two attached hydrogens (primary N) is 2. The number of hydrogen-bond donors (Lipinski definition) is 11. The molecule has 0 aliphatic heterocycles. The first-order valence-corrected chi connectivity index (χ1v) is 17.0. The number of benzene rings is 2. The van der Waals surface area contributed by atoms with Gasteiger partial charge in [0.25, 0.3) is 0 Å². The highest BCUT2D eigenvalue weighted by atomic mass is 16.4. The molecular formula is C35H49N7O11. The Kier molecular flexibility index (Phi) is 18.4. The molecule has 5 amide bonds. The second-order valence-electron chi connectivity index (χ2n) is 12.4. The van der Waals surface area contributed by atoms with E-state index in [0.717, 1.165) is 0 Å². The molecule has 13 N–H and O–H groups in total. The minimum Gasteiger partial charge on any atom is -0.508 e. The number of unbranched alkanes of at least 4 members (excludes halogenated alkanes) is 1. The Bertz CT molecular complexity index is 1540. The monoisotopic (exact) mass is 743 g/mol. The molecule has 0 bridgehead atoms. The Balaban J connectivity index is 2.20. The molecule has 0 aliphatic rings. The molecule has 0 unspecified atom stereocenters. The van der Waals surface area contributed by atoms with Gasteiger partial charge < -0.3 is 58.5 Å². The van der Waals surface area contributed by atoms with Crippen LogP contribution >= 0.6 is 0 Å². The first-order chi connectivity index (χ1) is 25.1. The van der Waals surface area contributed by atoms with E-state index in [1.165, 1.54) is 31.2 Å². The molecule has 53 heavy (non-hydrogen) atoms. The van der Waals surface area contributed by atoms with Gasteiger partial charge in [0.05, 0.1) is 18.7 Å². The lowest BCUT2D eigenvalue weighted by molar-refractivity contribution is -0.145. The van der Waals surface area contributed by atoms with E-state index in [1.54, 1.807) is 30.3 Å². The maximum absolute atomic E-state index is 13.6. The minimum atomic E-state index is -1.68. The smallest absolute Gasteiger partial charge is 0.328 e. The number of aliphatic hydroxyl groups is 1. The van der Waals surface area contributed by atoms with Crippen molar-refractivity contribution >= 4 is 41.5 Å². The second-order valence-corrected chi connectivity index (χ2v) is 12.4. The molecule has 18 nitrogen and oxygen atoms in total. The summed E-state index contributed by atoms with van der Waals surface area (Å²) in [5, 5.41) is 50.0. The Morgan fingerprint density at radius 1 is 0.698 bits per heavy atom. The van der Waals surface area contributed by atoms with Crippen LogP contribution in [0.25, 0.3) is 0 Å². The van der Waals surface area contributed by atoms with E-state index in [1.807, 2.05) is 0 Å². The van der Waals surface area contributed by atoms with Crippen LogP contribution in [-0.2, 0) is 46.4 Å². The highest BCUT2D eigenvalue weighted by molar-refractivity contribution is 5.95. The molecular weight excluding hydrogens is 694 g/mol. The van der Waals surface area contributed by atoms with Crippen LogP contribution in [0.1, 0.15) is 50.2 Å². The average molecular weight is 744 g/mol. The van der Waals surface area contributed by atoms with Gasteiger partial charge in [-0.1, -0.05) is 42.5 Å². The molecule has 2 rings (SSSR count). The van der Waals surface area contributed by atoms with Crippen LogP contribution in [0.5, 0.6) is 5.75 Å². The Hall–Kier alpha value is -5.59. The fourth-order valence-corrected chi connectivity index (χ4v) is 5.04. The van der Waals surface area contributed by atoms with Gasteiger partial charge in [-0.3, -0.25) is 28.8 Å². The van der Waals surface area contributed by atoms with E-state index in [4.69, 9.17) is 16.6 Å². The highest BCUT2D eigenvalue weighted by Crippen LogP contribution is 2.12. The summed E-state index contributed by atoms with van der Waals surface area (Å²) in [4.78, 5) is 88.5. The number of carbonyl (C=O) groups is 7. The number of aliphatic hydroxyl groups excluding tert-OH is 1. The predicted molar refractivity (Wildman–Crippen MR) is 190 cm³/mol. The molecule has 0 saturated carbocycles. The summed E-state index contributed by atoms with van der Waals surface area (Å²) in [6.45, 7) is 0.802. The molecule has 2 aromatic carbocycles. The van der Waals surface area contributed by atoms with Gasteiger partial charge in [0.15, 0.2) is 6.04 Å². The van der Waals surface area contributed by atoms with Gasteiger partial charge in [-0.25, -0.2) is 4.79 Å². The lowest BCUT2D eigenvalue weighted by Gasteiger charge is -2.25. The molecule has 0 heterocycles. The van der Waals surface area contributed by atoms with Crippen molar-refractivity contribution in [1.82, 2.24) is 26.6 Å². The van der Waals surface area contributed by atoms with Crippen molar-refractivity contribution in [2.75, 3.05) is 13.1 Å². The number of carboxylic acids is 2. The topological polar surface area (TPSA) is 313 Å². The van der Waals surface area contributed by atoms with Crippen LogP contribution in [0, 0.1) is 0 Å². The van der Waals surface area contributed by atoms with E-state index >= 15 is 0 Å². The first kappa shape index (κ1) is 43.6. The summed E-state index contributed by atoms with van der Waals surface area (Å²) < 4.78 is 0. The molecule has 0 saturated heterocycles. The van der Waals surface area contributed by atoms with Crippen LogP contribution < -0.4 is 38.1 Å². The van der Waals surface area contributed by atoms with Crippen molar-refractivity contribution in [3.8, 4) is 5.75 Å². The third-order valence-corrected chi connectivity index (χ3v) is 8.00. The number of nitrogens with one attached hydrogen (secondary N) is 5. The zero-order chi connectivity index (χ0) is 39.5. The van der Waals surface area contributed by atoms with E-state index < -0.39 is 84.3 Å². The zero-order valence-electron chi connectivity index (χ0n) is 29.3. The van der Waals surface area contributed by atoms with Crippen molar-refractivity contribution < 1.29 is 54.0 Å². The Labute approximate surface area is 306 Å². The van der Waals surface area contributed by atoms with E-state index in [9.17, 15) is 48.9 Å². The fraction of sp³-hybridized carbons (Fsp3) is 0.457. The Morgan fingerprint density at radius 2 is 1.26 bits per heavy atom. The van der Waals surface area contributed by atoms with Crippen LogP contribution in [0.3, 0.4) is 0 Å². The van der Waals surface area contributed by atoms with Gasteiger partial charge in [-0.15, -0.1) is 0 Å². The molecule has 6 atom stereocenters. The first-order valence-electron chi connectivity index (χ1n) is 17.0. The number of phenols is 1. The number of carbonyl (C=O) groups excluding carboxylic acids is 5. The van der Waals surface area contributed by atoms with Crippen LogP contribution in [0.15, 0.2) is 54.6 Å². The maximum atomic E-state index is 13.6. The van der Waals surface area contributed by atoms with Gasteiger partial charge in [-0.2, -0.15) is 0 Å². The van der Waals surface area contributed by atoms with Gasteiger partial charge >= 0.3 is 11.9 Å². The fourth-order valence-electron chi connectivity index (χ4n) is 5.04. The lowest BCUT2D eigenvalue weighted by atomic mass is 10.0. The maximum Gasteiger partial charge on any atom is 0.328 e. The molecule has 0 radical (unpaired) electrons. The molecule has 0 fully saturated rings. The SMILES string of the molecule is C[C@@H](O)[C@H](NC(=O)[C@H](Cc1ccc(O)cc1)NC(=O)CNC(=O)[C@H](CCCCN)NC(=O)[C@H](Cc1ccccc1)NC(=O)[C@@H](N)CCC(=O)O)C(=O)O. The molecule has 0 spiro atoms. The lowest BCUT2D eigenvalue weighted by Crippen LogP contribution is -2.58. The summed E-state index contributed by atoms with van der Waals surface area (Å²) in [5.41, 5.74) is 12.6. The molecule has 0 aliphatic carbocycles. The minimum absolute atomic E-state index is 0.00584. The van der Waals surface area contributed by atoms with Crippen LogP contribution in [-0.4, -0.2) is 111 Å². The third-order valence-electron chi connectivity index (χ3n) is 8.00. The quantitative estimate of drug-likeness (QED) is 0.0551. The van der Waals surface area contributed by atoms with Gasteiger partial charge in [0.2, 0.25) is 29.5 Å². The van der Waals surface area contributed by atoms with Crippen LogP contribution in [0.2, 0.25) is 0 Å². The molecule has 290 valence electrons. The number of aliphatic carboxylic acids is 2. The standard InChI is InChI=1S/C35H49N7O11/c1-20(43)30(35(52)53)42-34(51)26(18-22-10-12-23(44)13-11-22)39-28(45)19-38-32(49)25(9-5-6-16-36)40-33(50)27(17-21-7-3-2-4-8-21)41-31(48)24(37)14-15-29(46)47/h2-4,7-8,10-13,20,24-27,30,43-44H,5-6,9,14-19,36-37H2,1H3,(H,38,49)(H,39,45)(H,40,50)(H,41,48)(H,42,51)(H,46,47)(H,52,53)/t20-,24+,25+,26+,27+,30+/m1/s1. The van der Waals surface area contributed by atoms with Crippen molar-refractivity contribution in [2.24, 2.45) is 11.5 Å². The van der Waals surface area contributed by atoms with Crippen molar-refractivity contribution in [3.05, 3.63) is 65.7 Å². The Morgan fingerprint density at radius 3 is 1.83 bits per heavy atom. The summed E-state index contributed by atoms with van der Waals surface area (Å²) in [6, 6.07) is 7.66. The summed E-state index contributed by atoms with van der Waals surface area (Å²) in [7, 11) is 0. The van der Waals surface area contributed by atoms with Crippen molar-refractivity contribution in [3.63, 3.8) is 0 Å². The average Bonchev–Trinajstić information content (AvgIpc) is 3.11. The molecule has 2 aromatic rings. The molecule has 18 heteroatoms. The third kappa shape index (κ3) is 16.1. The number of carboxylic acid groups (broad SMARTS) is 2. The van der Waals surface area contributed by atoms with Crippen LogP contribution in [0.4, 0.5) is 0 Å². The predicted octanol–water partition coefficient (Wildman–Crippen LogP) is -1.98. The van der Waals surface area contributed by atoms with Gasteiger partial charge in [-0.05, 0) is 62.4 Å². The summed E-state index contributed by atoms with van der Waals surface area (Å²) in [5.74, 6) is -6.78. The van der Waals surface area contributed by atoms with Crippen molar-refractivity contribution in [1.29, 1.82) is 0 Å². The largest absolute Gasteiger partial charge is 0.508 e. The number of rotatable bonds is 23. The normalized spacial score (nSPS) is 14.3. The summed E-state index contributed by atoms with van der Waals surface area (Å²) in [6.07, 6.45) is -1.15. The van der Waals surface area contributed by atoms with Gasteiger partial charge in [0.1, 0.15) is 23.9 Å². The van der Waals surface area contributed by atoms with E-state index in [0.29, 0.717) is 30.5 Å². The summed E-state index contributed by atoms with van der Waals surface area (Å²) >= 11 is 0. The number of aromatic hydroxyl groups is 1. The number of hydrogen-bond acceptors (Lipinski definition) is 11. The number of amides is 5. The molecule has 0 aromatic heterocycles. The van der Waals surface area contributed by atoms with E-state index in [-0.39, 0.29) is 37.9 Å². The highest BCUT2D eigenvalue weighted by Gasteiger charge is 2.31. The van der Waals surface area contributed by atoms with Gasteiger partial charge in [0, 0.05) is 19.3 Å². The van der Waals surface area contributed by atoms with Crippen molar-refractivity contribution in [2.45, 2.75) is 88.2 Å². The zero-order valence-corrected chi connectivity index (χ0v) is 29.3. The van der Waals surface area contributed by atoms with E-state index in [2.05, 4.69) is 26.6 Å².